The fourth-order valence-electron chi connectivity index (χ4n) is 3.00. The maximum atomic E-state index is 13.3. The Hall–Kier alpha value is -2.45. The van der Waals surface area contributed by atoms with E-state index < -0.39 is 0 Å². The number of hydrogen-bond acceptors (Lipinski definition) is 6. The summed E-state index contributed by atoms with van der Waals surface area (Å²) in [5, 5.41) is 4.90. The molecule has 0 bridgehead atoms. The Labute approximate surface area is 163 Å². The Morgan fingerprint density at radius 1 is 1.30 bits per heavy atom. The molecule has 0 aliphatic heterocycles. The molecule has 0 atom stereocenters. The zero-order valence-electron chi connectivity index (χ0n) is 16.4. The summed E-state index contributed by atoms with van der Waals surface area (Å²) < 4.78 is 8.05. The maximum Gasteiger partial charge on any atom is 0.278 e. The van der Waals surface area contributed by atoms with Gasteiger partial charge in [-0.05, 0) is 51.7 Å². The molecule has 0 fully saturated rings. The average Bonchev–Trinajstić information content (AvgIpc) is 3.20. The first-order valence-electron chi connectivity index (χ1n) is 8.81. The SMILES string of the molecule is COc1cccc2sc(N(CCCN(C)C)C(=O)c3c(C)cnn3C)nc12. The largest absolute Gasteiger partial charge is 0.494 e. The Morgan fingerprint density at radius 2 is 2.07 bits per heavy atom. The van der Waals surface area contributed by atoms with Gasteiger partial charge in [-0.25, -0.2) is 4.98 Å². The molecule has 1 aromatic carbocycles. The van der Waals surface area contributed by atoms with Gasteiger partial charge in [-0.1, -0.05) is 17.4 Å². The summed E-state index contributed by atoms with van der Waals surface area (Å²) >= 11 is 1.50. The van der Waals surface area contributed by atoms with Crippen LogP contribution in [-0.2, 0) is 7.05 Å². The second kappa shape index (κ2) is 8.06. The summed E-state index contributed by atoms with van der Waals surface area (Å²) in [5.41, 5.74) is 2.23. The molecule has 3 rings (SSSR count). The van der Waals surface area contributed by atoms with Crippen LogP contribution in [0.5, 0.6) is 5.75 Å². The van der Waals surface area contributed by atoms with Gasteiger partial charge in [-0.15, -0.1) is 0 Å². The molecule has 3 aromatic rings. The zero-order chi connectivity index (χ0) is 19.6. The summed E-state index contributed by atoms with van der Waals surface area (Å²) in [6.45, 7) is 3.38. The van der Waals surface area contributed by atoms with Gasteiger partial charge >= 0.3 is 0 Å². The molecule has 1 amide bonds. The Bertz CT molecular complexity index is 927. The summed E-state index contributed by atoms with van der Waals surface area (Å²) in [6.07, 6.45) is 2.56. The summed E-state index contributed by atoms with van der Waals surface area (Å²) in [7, 11) is 7.48. The van der Waals surface area contributed by atoms with Crippen molar-refractivity contribution in [1.29, 1.82) is 0 Å². The van der Waals surface area contributed by atoms with Crippen molar-refractivity contribution in [2.75, 3.05) is 39.2 Å². The van der Waals surface area contributed by atoms with Crippen LogP contribution < -0.4 is 9.64 Å². The highest BCUT2D eigenvalue weighted by atomic mass is 32.1. The number of aromatic nitrogens is 3. The lowest BCUT2D eigenvalue weighted by Crippen LogP contribution is -2.35. The van der Waals surface area contributed by atoms with Crippen molar-refractivity contribution >= 4 is 32.6 Å². The minimum Gasteiger partial charge on any atom is -0.494 e. The van der Waals surface area contributed by atoms with E-state index in [-0.39, 0.29) is 5.91 Å². The standard InChI is InChI=1S/C19H25N5O2S/c1-13-12-20-23(4)17(13)18(25)24(11-7-10-22(2)3)19-21-16-14(26-5)8-6-9-15(16)27-19/h6,8-9,12H,7,10-11H2,1-5H3. The van der Waals surface area contributed by atoms with Crippen molar-refractivity contribution in [2.45, 2.75) is 13.3 Å². The van der Waals surface area contributed by atoms with E-state index in [4.69, 9.17) is 9.72 Å². The quantitative estimate of drug-likeness (QED) is 0.624. The molecular weight excluding hydrogens is 362 g/mol. The second-order valence-electron chi connectivity index (χ2n) is 6.72. The number of rotatable bonds is 7. The number of fused-ring (bicyclic) bond motifs is 1. The Morgan fingerprint density at radius 3 is 2.70 bits per heavy atom. The van der Waals surface area contributed by atoms with Gasteiger partial charge in [0, 0.05) is 13.6 Å². The number of amides is 1. The van der Waals surface area contributed by atoms with Crippen molar-refractivity contribution < 1.29 is 9.53 Å². The number of aryl methyl sites for hydroxylation is 2. The zero-order valence-corrected chi connectivity index (χ0v) is 17.2. The van der Waals surface area contributed by atoms with Gasteiger partial charge in [-0.3, -0.25) is 14.4 Å². The molecule has 7 nitrogen and oxygen atoms in total. The minimum atomic E-state index is -0.0794. The molecule has 2 aromatic heterocycles. The highest BCUT2D eigenvalue weighted by Gasteiger charge is 2.25. The molecule has 0 aliphatic rings. The van der Waals surface area contributed by atoms with Crippen LogP contribution in [-0.4, -0.2) is 59.9 Å². The highest BCUT2D eigenvalue weighted by molar-refractivity contribution is 7.22. The molecule has 0 unspecified atom stereocenters. The first-order valence-corrected chi connectivity index (χ1v) is 9.62. The topological polar surface area (TPSA) is 63.5 Å². The van der Waals surface area contributed by atoms with Crippen LogP contribution in [0.2, 0.25) is 0 Å². The minimum absolute atomic E-state index is 0.0794. The number of benzene rings is 1. The second-order valence-corrected chi connectivity index (χ2v) is 7.73. The predicted molar refractivity (Wildman–Crippen MR) is 109 cm³/mol. The lowest BCUT2D eigenvalue weighted by molar-refractivity contribution is 0.0976. The van der Waals surface area contributed by atoms with Crippen molar-refractivity contribution in [1.82, 2.24) is 19.7 Å². The van der Waals surface area contributed by atoms with E-state index in [1.54, 1.807) is 29.9 Å². The number of ether oxygens (including phenoxy) is 1. The van der Waals surface area contributed by atoms with Crippen LogP contribution >= 0.6 is 11.3 Å². The lowest BCUT2D eigenvalue weighted by Gasteiger charge is -2.21. The normalized spacial score (nSPS) is 11.3. The van der Waals surface area contributed by atoms with Gasteiger partial charge < -0.3 is 9.64 Å². The third-order valence-electron chi connectivity index (χ3n) is 4.38. The lowest BCUT2D eigenvalue weighted by atomic mass is 10.2. The monoisotopic (exact) mass is 387 g/mol. The number of carbonyl (C=O) groups is 1. The molecule has 27 heavy (non-hydrogen) atoms. The van der Waals surface area contributed by atoms with Gasteiger partial charge in [-0.2, -0.15) is 5.10 Å². The first-order chi connectivity index (χ1) is 12.9. The average molecular weight is 388 g/mol. The van der Waals surface area contributed by atoms with Crippen LogP contribution in [0.3, 0.4) is 0 Å². The molecule has 0 aliphatic carbocycles. The van der Waals surface area contributed by atoms with E-state index in [9.17, 15) is 4.79 Å². The van der Waals surface area contributed by atoms with E-state index >= 15 is 0 Å². The van der Waals surface area contributed by atoms with Gasteiger partial charge in [0.05, 0.1) is 18.0 Å². The molecule has 2 heterocycles. The van der Waals surface area contributed by atoms with E-state index in [0.717, 1.165) is 28.7 Å². The molecule has 144 valence electrons. The van der Waals surface area contributed by atoms with Gasteiger partial charge in [0.25, 0.3) is 5.91 Å². The number of hydrogen-bond donors (Lipinski definition) is 0. The fourth-order valence-corrected chi connectivity index (χ4v) is 4.01. The number of nitrogens with zero attached hydrogens (tertiary/aromatic N) is 5. The van der Waals surface area contributed by atoms with Crippen molar-refractivity contribution in [3.63, 3.8) is 0 Å². The molecule has 0 saturated heterocycles. The Kier molecular flexibility index (Phi) is 5.76. The van der Waals surface area contributed by atoms with E-state index in [1.807, 2.05) is 39.2 Å². The van der Waals surface area contributed by atoms with Gasteiger partial charge in [0.1, 0.15) is 17.0 Å². The van der Waals surface area contributed by atoms with Crippen molar-refractivity contribution in [2.24, 2.45) is 7.05 Å². The molecule has 0 radical (unpaired) electrons. The van der Waals surface area contributed by atoms with Crippen molar-refractivity contribution in [3.8, 4) is 5.75 Å². The molecular formula is C19H25N5O2S. The maximum absolute atomic E-state index is 13.3. The van der Waals surface area contributed by atoms with Crippen LogP contribution in [0.4, 0.5) is 5.13 Å². The molecule has 0 N–H and O–H groups in total. The number of anilines is 1. The smallest absolute Gasteiger partial charge is 0.278 e. The predicted octanol–water partition coefficient (Wildman–Crippen LogP) is 2.95. The molecule has 0 spiro atoms. The Balaban J connectivity index is 2.00. The van der Waals surface area contributed by atoms with E-state index in [2.05, 4.69) is 10.00 Å². The summed E-state index contributed by atoms with van der Waals surface area (Å²) in [4.78, 5) is 21.9. The molecule has 0 saturated carbocycles. The number of para-hydroxylation sites is 1. The number of carbonyl (C=O) groups excluding carboxylic acids is 1. The number of methoxy groups -OCH3 is 1. The van der Waals surface area contributed by atoms with Gasteiger partial charge in [0.2, 0.25) is 0 Å². The van der Waals surface area contributed by atoms with Crippen LogP contribution in [0, 0.1) is 6.92 Å². The third kappa shape index (κ3) is 3.96. The van der Waals surface area contributed by atoms with Gasteiger partial charge in [0.15, 0.2) is 5.13 Å². The fraction of sp³-hybridized carbons (Fsp3) is 0.421. The van der Waals surface area contributed by atoms with Crippen molar-refractivity contribution in [3.05, 3.63) is 35.7 Å². The van der Waals surface area contributed by atoms with E-state index in [1.165, 1.54) is 11.3 Å². The highest BCUT2D eigenvalue weighted by Crippen LogP contribution is 2.34. The van der Waals surface area contributed by atoms with Crippen LogP contribution in [0.1, 0.15) is 22.5 Å². The van der Waals surface area contributed by atoms with Crippen LogP contribution in [0.15, 0.2) is 24.4 Å². The first kappa shape index (κ1) is 19.3. The molecule has 8 heteroatoms. The number of thiazole rings is 1. The van der Waals surface area contributed by atoms with E-state index in [0.29, 0.717) is 23.1 Å². The third-order valence-corrected chi connectivity index (χ3v) is 5.42. The van der Waals surface area contributed by atoms with Crippen LogP contribution in [0.25, 0.3) is 10.2 Å². The summed E-state index contributed by atoms with van der Waals surface area (Å²) in [6, 6.07) is 5.82. The summed E-state index contributed by atoms with van der Waals surface area (Å²) in [5.74, 6) is 0.636.